The van der Waals surface area contributed by atoms with E-state index >= 15 is 0 Å². The van der Waals surface area contributed by atoms with Crippen LogP contribution in [-0.4, -0.2) is 37.9 Å². The zero-order valence-electron chi connectivity index (χ0n) is 11.7. The monoisotopic (exact) mass is 321 g/mol. The van der Waals surface area contributed by atoms with Gasteiger partial charge in [-0.1, -0.05) is 24.8 Å². The van der Waals surface area contributed by atoms with E-state index in [0.29, 0.717) is 21.5 Å². The molecule has 0 saturated carbocycles. The molecule has 7 heteroatoms. The molecule has 0 saturated heterocycles. The van der Waals surface area contributed by atoms with Crippen molar-refractivity contribution in [1.29, 1.82) is 5.26 Å². The van der Waals surface area contributed by atoms with Crippen LogP contribution in [0.3, 0.4) is 0 Å². The zero-order chi connectivity index (χ0) is 15.4. The van der Waals surface area contributed by atoms with Crippen LogP contribution in [0.5, 0.6) is 0 Å². The standard InChI is InChI=1S/C14H15N3O2S2/c1-9(20-2)7-17-11-5-3-4-10(6-15)13(11)16-14(17)21-8-12(18)19/h3-5,9H,7-8H2,1-2H3,(H,18,19). The summed E-state index contributed by atoms with van der Waals surface area (Å²) in [6, 6.07) is 7.61. The van der Waals surface area contributed by atoms with Gasteiger partial charge in [-0.15, -0.1) is 0 Å². The minimum Gasteiger partial charge on any atom is -0.481 e. The summed E-state index contributed by atoms with van der Waals surface area (Å²) in [5.74, 6) is -0.921. The molecule has 0 spiro atoms. The van der Waals surface area contributed by atoms with Gasteiger partial charge in [-0.25, -0.2) is 4.98 Å². The molecule has 1 unspecified atom stereocenters. The van der Waals surface area contributed by atoms with Crippen molar-refractivity contribution >= 4 is 40.5 Å². The van der Waals surface area contributed by atoms with Crippen molar-refractivity contribution in [2.75, 3.05) is 12.0 Å². The zero-order valence-corrected chi connectivity index (χ0v) is 13.4. The number of carboxylic acids is 1. The van der Waals surface area contributed by atoms with Gasteiger partial charge in [0, 0.05) is 11.8 Å². The molecule has 0 aliphatic carbocycles. The number of hydrogen-bond acceptors (Lipinski definition) is 5. The minimum atomic E-state index is -0.878. The topological polar surface area (TPSA) is 78.9 Å². The average Bonchev–Trinajstić information content (AvgIpc) is 2.82. The second-order valence-electron chi connectivity index (χ2n) is 4.52. The maximum absolute atomic E-state index is 10.8. The van der Waals surface area contributed by atoms with Gasteiger partial charge in [0.2, 0.25) is 0 Å². The number of nitrogens with zero attached hydrogens (tertiary/aromatic N) is 3. The Kier molecular flexibility index (Phi) is 5.15. The Morgan fingerprint density at radius 2 is 2.33 bits per heavy atom. The summed E-state index contributed by atoms with van der Waals surface area (Å²) in [4.78, 5) is 15.3. The van der Waals surface area contributed by atoms with Crippen LogP contribution in [0.2, 0.25) is 0 Å². The SMILES string of the molecule is CSC(C)Cn1c(SCC(=O)O)nc2c(C#N)cccc21. The van der Waals surface area contributed by atoms with E-state index in [1.54, 1.807) is 17.8 Å². The molecule has 0 aliphatic heterocycles. The second-order valence-corrected chi connectivity index (χ2v) is 6.74. The number of benzene rings is 1. The Balaban J connectivity index is 2.51. The number of thioether (sulfide) groups is 2. The molecule has 0 bridgehead atoms. The number of aliphatic carboxylic acids is 1. The third kappa shape index (κ3) is 3.52. The van der Waals surface area contributed by atoms with Crippen LogP contribution < -0.4 is 0 Å². The number of hydrogen-bond donors (Lipinski definition) is 1. The number of carbonyl (C=O) groups is 1. The van der Waals surface area contributed by atoms with Crippen LogP contribution in [-0.2, 0) is 11.3 Å². The third-order valence-electron chi connectivity index (χ3n) is 3.03. The molecule has 0 amide bonds. The van der Waals surface area contributed by atoms with Crippen LogP contribution in [0, 0.1) is 11.3 Å². The van der Waals surface area contributed by atoms with Crippen LogP contribution >= 0.6 is 23.5 Å². The van der Waals surface area contributed by atoms with Gasteiger partial charge in [0.05, 0.1) is 16.8 Å². The van der Waals surface area contributed by atoms with E-state index in [2.05, 4.69) is 18.0 Å². The lowest BCUT2D eigenvalue weighted by Gasteiger charge is -2.12. The summed E-state index contributed by atoms with van der Waals surface area (Å²) in [5, 5.41) is 19.1. The van der Waals surface area contributed by atoms with Crippen LogP contribution in [0.25, 0.3) is 11.0 Å². The van der Waals surface area contributed by atoms with Crippen molar-refractivity contribution in [3.63, 3.8) is 0 Å². The first kappa shape index (κ1) is 15.7. The van der Waals surface area contributed by atoms with Crippen molar-refractivity contribution in [3.8, 4) is 6.07 Å². The smallest absolute Gasteiger partial charge is 0.313 e. The van der Waals surface area contributed by atoms with Crippen LogP contribution in [0.15, 0.2) is 23.4 Å². The van der Waals surface area contributed by atoms with Gasteiger partial charge in [0.15, 0.2) is 5.16 Å². The summed E-state index contributed by atoms with van der Waals surface area (Å²) in [5.41, 5.74) is 2.03. The number of imidazole rings is 1. The molecule has 5 nitrogen and oxygen atoms in total. The Morgan fingerprint density at radius 3 is 2.95 bits per heavy atom. The van der Waals surface area contributed by atoms with Gasteiger partial charge in [-0.05, 0) is 18.4 Å². The first-order valence-electron chi connectivity index (χ1n) is 6.33. The third-order valence-corrected chi connectivity index (χ3v) is 4.95. The molecular weight excluding hydrogens is 306 g/mol. The number of rotatable bonds is 6. The molecule has 1 aromatic carbocycles. The summed E-state index contributed by atoms with van der Waals surface area (Å²) >= 11 is 2.92. The van der Waals surface area contributed by atoms with Crippen molar-refractivity contribution in [3.05, 3.63) is 23.8 Å². The normalized spacial score (nSPS) is 12.2. The molecule has 2 rings (SSSR count). The number of carboxylic acid groups (broad SMARTS) is 1. The molecule has 1 aromatic heterocycles. The Labute approximate surface area is 131 Å². The molecule has 0 aliphatic rings. The number of fused-ring (bicyclic) bond motifs is 1. The average molecular weight is 321 g/mol. The molecule has 110 valence electrons. The van der Waals surface area contributed by atoms with Gasteiger partial charge < -0.3 is 9.67 Å². The van der Waals surface area contributed by atoms with Gasteiger partial charge in [-0.2, -0.15) is 17.0 Å². The van der Waals surface area contributed by atoms with E-state index in [1.165, 1.54) is 11.8 Å². The number of para-hydroxylation sites is 1. The van der Waals surface area contributed by atoms with E-state index < -0.39 is 5.97 Å². The Bertz CT molecular complexity index is 706. The van der Waals surface area contributed by atoms with E-state index in [-0.39, 0.29) is 5.75 Å². The summed E-state index contributed by atoms with van der Waals surface area (Å²) in [6.07, 6.45) is 2.04. The van der Waals surface area contributed by atoms with E-state index in [0.717, 1.165) is 12.1 Å². The van der Waals surface area contributed by atoms with Crippen LogP contribution in [0.1, 0.15) is 12.5 Å². The molecule has 1 heterocycles. The Morgan fingerprint density at radius 1 is 1.57 bits per heavy atom. The fraction of sp³-hybridized carbons (Fsp3) is 0.357. The van der Waals surface area contributed by atoms with E-state index in [4.69, 9.17) is 5.11 Å². The molecule has 0 radical (unpaired) electrons. The lowest BCUT2D eigenvalue weighted by molar-refractivity contribution is -0.133. The summed E-state index contributed by atoms with van der Waals surface area (Å²) < 4.78 is 2.00. The van der Waals surface area contributed by atoms with Crippen molar-refractivity contribution in [2.45, 2.75) is 23.9 Å². The molecular formula is C14H15N3O2S2. The minimum absolute atomic E-state index is 0.0428. The maximum atomic E-state index is 10.8. The first-order chi connectivity index (χ1) is 10.1. The lowest BCUT2D eigenvalue weighted by Crippen LogP contribution is -2.10. The maximum Gasteiger partial charge on any atom is 0.313 e. The van der Waals surface area contributed by atoms with Gasteiger partial charge in [-0.3, -0.25) is 4.79 Å². The first-order valence-corrected chi connectivity index (χ1v) is 8.61. The predicted molar refractivity (Wildman–Crippen MR) is 85.8 cm³/mol. The van der Waals surface area contributed by atoms with E-state index in [9.17, 15) is 10.1 Å². The fourth-order valence-corrected chi connectivity index (χ4v) is 3.00. The molecule has 1 atom stereocenters. The van der Waals surface area contributed by atoms with Crippen LogP contribution in [0.4, 0.5) is 0 Å². The lowest BCUT2D eigenvalue weighted by atomic mass is 10.2. The highest BCUT2D eigenvalue weighted by atomic mass is 32.2. The highest BCUT2D eigenvalue weighted by molar-refractivity contribution is 7.99. The van der Waals surface area contributed by atoms with Gasteiger partial charge in [0.25, 0.3) is 0 Å². The largest absolute Gasteiger partial charge is 0.481 e. The van der Waals surface area contributed by atoms with Gasteiger partial charge in [0.1, 0.15) is 11.6 Å². The summed E-state index contributed by atoms with van der Waals surface area (Å²) in [6.45, 7) is 2.84. The molecule has 2 aromatic rings. The molecule has 1 N–H and O–H groups in total. The molecule has 21 heavy (non-hydrogen) atoms. The van der Waals surface area contributed by atoms with Crippen molar-refractivity contribution < 1.29 is 9.90 Å². The van der Waals surface area contributed by atoms with Crippen molar-refractivity contribution in [2.24, 2.45) is 0 Å². The number of nitriles is 1. The molecule has 0 fully saturated rings. The number of aromatic nitrogens is 2. The highest BCUT2D eigenvalue weighted by Crippen LogP contribution is 2.27. The summed E-state index contributed by atoms with van der Waals surface area (Å²) in [7, 11) is 0. The fourth-order valence-electron chi connectivity index (χ4n) is 1.96. The Hall–Kier alpha value is -1.65. The van der Waals surface area contributed by atoms with Gasteiger partial charge >= 0.3 is 5.97 Å². The van der Waals surface area contributed by atoms with E-state index in [1.807, 2.05) is 23.0 Å². The quantitative estimate of drug-likeness (QED) is 0.824. The highest BCUT2D eigenvalue weighted by Gasteiger charge is 2.16. The predicted octanol–water partition coefficient (Wildman–Crippen LogP) is 2.84. The second kappa shape index (κ2) is 6.87. The van der Waals surface area contributed by atoms with Crippen molar-refractivity contribution in [1.82, 2.24) is 9.55 Å².